The maximum absolute atomic E-state index is 12.4. The fourth-order valence-electron chi connectivity index (χ4n) is 2.56. The lowest BCUT2D eigenvalue weighted by atomic mass is 9.91. The van der Waals surface area contributed by atoms with E-state index >= 15 is 0 Å². The predicted octanol–water partition coefficient (Wildman–Crippen LogP) is 1.93. The van der Waals surface area contributed by atoms with E-state index in [1.807, 2.05) is 31.2 Å². The van der Waals surface area contributed by atoms with Crippen LogP contribution in [-0.4, -0.2) is 31.1 Å². The van der Waals surface area contributed by atoms with Gasteiger partial charge in [-0.3, -0.25) is 9.59 Å². The van der Waals surface area contributed by atoms with Gasteiger partial charge in [0.15, 0.2) is 0 Å². The summed E-state index contributed by atoms with van der Waals surface area (Å²) in [6.45, 7) is 6.93. The molecule has 5 heteroatoms. The standard InChI is InChI=1S/C18H26N2O3/c1-13-6-4-7-14(10-13)11-19-16(21)18(2,3)17(22)20-12-15-8-5-9-23-15/h4,6-7,10,15H,5,8-9,11-12H2,1-3H3,(H,19,21)(H,20,22). The Morgan fingerprint density at radius 1 is 1.26 bits per heavy atom. The van der Waals surface area contributed by atoms with Gasteiger partial charge in [0, 0.05) is 19.7 Å². The first kappa shape index (κ1) is 17.5. The van der Waals surface area contributed by atoms with Gasteiger partial charge in [-0.2, -0.15) is 0 Å². The molecule has 1 atom stereocenters. The summed E-state index contributed by atoms with van der Waals surface area (Å²) in [5.41, 5.74) is 1.06. The van der Waals surface area contributed by atoms with E-state index in [1.54, 1.807) is 13.8 Å². The van der Waals surface area contributed by atoms with Crippen LogP contribution in [0.2, 0.25) is 0 Å². The summed E-state index contributed by atoms with van der Waals surface area (Å²) < 4.78 is 5.48. The van der Waals surface area contributed by atoms with Crippen LogP contribution < -0.4 is 10.6 Å². The van der Waals surface area contributed by atoms with Crippen LogP contribution in [0.3, 0.4) is 0 Å². The molecule has 1 heterocycles. The Balaban J connectivity index is 1.84. The summed E-state index contributed by atoms with van der Waals surface area (Å²) >= 11 is 0. The highest BCUT2D eigenvalue weighted by Crippen LogP contribution is 2.17. The molecule has 1 unspecified atom stereocenters. The number of ether oxygens (including phenoxy) is 1. The van der Waals surface area contributed by atoms with Gasteiger partial charge < -0.3 is 15.4 Å². The zero-order valence-corrected chi connectivity index (χ0v) is 14.1. The largest absolute Gasteiger partial charge is 0.376 e. The van der Waals surface area contributed by atoms with Gasteiger partial charge in [0.05, 0.1) is 6.10 Å². The van der Waals surface area contributed by atoms with Crippen LogP contribution in [0.15, 0.2) is 24.3 Å². The third-order valence-electron chi connectivity index (χ3n) is 4.19. The quantitative estimate of drug-likeness (QED) is 0.788. The van der Waals surface area contributed by atoms with Gasteiger partial charge in [-0.25, -0.2) is 0 Å². The first-order valence-corrected chi connectivity index (χ1v) is 8.13. The van der Waals surface area contributed by atoms with Crippen LogP contribution in [0.5, 0.6) is 0 Å². The van der Waals surface area contributed by atoms with E-state index < -0.39 is 5.41 Å². The molecule has 23 heavy (non-hydrogen) atoms. The molecule has 0 radical (unpaired) electrons. The van der Waals surface area contributed by atoms with E-state index in [9.17, 15) is 9.59 Å². The number of rotatable bonds is 6. The number of carbonyl (C=O) groups excluding carboxylic acids is 2. The van der Waals surface area contributed by atoms with Gasteiger partial charge in [0.1, 0.15) is 5.41 Å². The van der Waals surface area contributed by atoms with Gasteiger partial charge >= 0.3 is 0 Å². The lowest BCUT2D eigenvalue weighted by molar-refractivity contribution is -0.141. The summed E-state index contributed by atoms with van der Waals surface area (Å²) in [5, 5.41) is 5.67. The molecule has 1 aromatic carbocycles. The van der Waals surface area contributed by atoms with Gasteiger partial charge in [0.2, 0.25) is 11.8 Å². The van der Waals surface area contributed by atoms with Crippen molar-refractivity contribution in [3.05, 3.63) is 35.4 Å². The molecule has 5 nitrogen and oxygen atoms in total. The van der Waals surface area contributed by atoms with Gasteiger partial charge in [0.25, 0.3) is 0 Å². The molecule has 2 N–H and O–H groups in total. The second-order valence-electron chi connectivity index (χ2n) is 6.64. The number of hydrogen-bond acceptors (Lipinski definition) is 3. The average Bonchev–Trinajstić information content (AvgIpc) is 3.03. The molecule has 126 valence electrons. The zero-order valence-electron chi connectivity index (χ0n) is 14.1. The number of nitrogens with one attached hydrogen (secondary N) is 2. The molecular weight excluding hydrogens is 292 g/mol. The van der Waals surface area contributed by atoms with Crippen molar-refractivity contribution in [2.75, 3.05) is 13.2 Å². The molecule has 1 aliphatic rings. The van der Waals surface area contributed by atoms with Crippen molar-refractivity contribution in [2.24, 2.45) is 5.41 Å². The summed E-state index contributed by atoms with van der Waals surface area (Å²) in [6, 6.07) is 7.94. The van der Waals surface area contributed by atoms with E-state index in [0.717, 1.165) is 30.6 Å². The van der Waals surface area contributed by atoms with E-state index in [4.69, 9.17) is 4.74 Å². The van der Waals surface area contributed by atoms with Crippen LogP contribution in [0.4, 0.5) is 0 Å². The molecule has 1 saturated heterocycles. The highest BCUT2D eigenvalue weighted by molar-refractivity contribution is 6.04. The Morgan fingerprint density at radius 3 is 2.65 bits per heavy atom. The van der Waals surface area contributed by atoms with E-state index in [2.05, 4.69) is 10.6 Å². The first-order chi connectivity index (χ1) is 10.9. The molecule has 0 saturated carbocycles. The smallest absolute Gasteiger partial charge is 0.235 e. The molecule has 0 bridgehead atoms. The topological polar surface area (TPSA) is 67.4 Å². The second kappa shape index (κ2) is 7.59. The van der Waals surface area contributed by atoms with E-state index in [0.29, 0.717) is 13.1 Å². The SMILES string of the molecule is Cc1cccc(CNC(=O)C(C)(C)C(=O)NCC2CCCO2)c1. The summed E-state index contributed by atoms with van der Waals surface area (Å²) in [6.07, 6.45) is 2.06. The minimum Gasteiger partial charge on any atom is -0.376 e. The Morgan fingerprint density at radius 2 is 2.00 bits per heavy atom. The van der Waals surface area contributed by atoms with Crippen molar-refractivity contribution in [3.63, 3.8) is 0 Å². The normalized spacial score (nSPS) is 17.8. The first-order valence-electron chi connectivity index (χ1n) is 8.13. The number of hydrogen-bond donors (Lipinski definition) is 2. The fourth-order valence-corrected chi connectivity index (χ4v) is 2.56. The number of benzene rings is 1. The maximum Gasteiger partial charge on any atom is 0.235 e. The lowest BCUT2D eigenvalue weighted by Gasteiger charge is -2.23. The predicted molar refractivity (Wildman–Crippen MR) is 88.8 cm³/mol. The van der Waals surface area contributed by atoms with Crippen molar-refractivity contribution in [1.82, 2.24) is 10.6 Å². The molecule has 1 aromatic rings. The zero-order chi connectivity index (χ0) is 16.9. The van der Waals surface area contributed by atoms with Crippen molar-refractivity contribution in [3.8, 4) is 0 Å². The summed E-state index contributed by atoms with van der Waals surface area (Å²) in [5.74, 6) is -0.543. The van der Waals surface area contributed by atoms with E-state index in [-0.39, 0.29) is 17.9 Å². The lowest BCUT2D eigenvalue weighted by Crippen LogP contribution is -2.49. The minimum atomic E-state index is -1.11. The van der Waals surface area contributed by atoms with Crippen molar-refractivity contribution in [1.29, 1.82) is 0 Å². The monoisotopic (exact) mass is 318 g/mol. The van der Waals surface area contributed by atoms with Crippen molar-refractivity contribution < 1.29 is 14.3 Å². The molecule has 0 aliphatic carbocycles. The van der Waals surface area contributed by atoms with Gasteiger partial charge in [-0.1, -0.05) is 29.8 Å². The molecule has 2 rings (SSSR count). The summed E-state index contributed by atoms with van der Waals surface area (Å²) in [7, 11) is 0. The Bertz CT molecular complexity index is 563. The number of amides is 2. The average molecular weight is 318 g/mol. The highest BCUT2D eigenvalue weighted by atomic mass is 16.5. The van der Waals surface area contributed by atoms with Gasteiger partial charge in [-0.15, -0.1) is 0 Å². The Labute approximate surface area is 137 Å². The van der Waals surface area contributed by atoms with Crippen molar-refractivity contribution >= 4 is 11.8 Å². The maximum atomic E-state index is 12.4. The highest BCUT2D eigenvalue weighted by Gasteiger charge is 2.36. The second-order valence-corrected chi connectivity index (χ2v) is 6.64. The minimum absolute atomic E-state index is 0.0742. The van der Waals surface area contributed by atoms with Crippen LogP contribution in [-0.2, 0) is 20.9 Å². The van der Waals surface area contributed by atoms with Crippen molar-refractivity contribution in [2.45, 2.75) is 46.3 Å². The van der Waals surface area contributed by atoms with Crippen LogP contribution in [0.1, 0.15) is 37.8 Å². The summed E-state index contributed by atoms with van der Waals surface area (Å²) in [4.78, 5) is 24.7. The molecular formula is C18H26N2O3. The third kappa shape index (κ3) is 4.79. The fraction of sp³-hybridized carbons (Fsp3) is 0.556. The Hall–Kier alpha value is -1.88. The Kier molecular flexibility index (Phi) is 5.77. The molecule has 2 amide bonds. The van der Waals surface area contributed by atoms with Crippen LogP contribution in [0.25, 0.3) is 0 Å². The molecule has 1 aliphatic heterocycles. The molecule has 1 fully saturated rings. The van der Waals surface area contributed by atoms with E-state index in [1.165, 1.54) is 0 Å². The molecule has 0 aromatic heterocycles. The van der Waals surface area contributed by atoms with Crippen LogP contribution >= 0.6 is 0 Å². The molecule has 0 spiro atoms. The number of aryl methyl sites for hydroxylation is 1. The van der Waals surface area contributed by atoms with Gasteiger partial charge in [-0.05, 0) is 39.2 Å². The number of carbonyl (C=O) groups is 2. The van der Waals surface area contributed by atoms with Crippen LogP contribution in [0, 0.1) is 12.3 Å². The third-order valence-corrected chi connectivity index (χ3v) is 4.19.